The number of thiocarbonyl (C=S) groups is 1. The van der Waals surface area contributed by atoms with Crippen molar-refractivity contribution in [3.05, 3.63) is 41.7 Å². The summed E-state index contributed by atoms with van der Waals surface area (Å²) in [5, 5.41) is 0. The summed E-state index contributed by atoms with van der Waals surface area (Å²) in [5.41, 5.74) is 10.4. The van der Waals surface area contributed by atoms with Crippen LogP contribution in [0.25, 0.3) is 0 Å². The van der Waals surface area contributed by atoms with E-state index in [0.717, 1.165) is 11.1 Å². The number of nitrogens with zero attached hydrogens (tertiary/aromatic N) is 2. The minimum Gasteiger partial charge on any atom is -0.393 e. The zero-order valence-corrected chi connectivity index (χ0v) is 18.0. The first kappa shape index (κ1) is 21.0. The molecule has 2 N–H and O–H groups in total. The standard InChI is InChI=1S/C20H24F3N3SSi/c1-28(2,3)7-6-14-8-15(12-25-11-14)19(18(24)27)9-16-4-5-17(10-19)26(16)13-20(21,22)23/h4-5,8,11-12,16-17H,9-10,13H2,1-3H3,(H2,24,27)/t16-,17+,19+. The van der Waals surface area contributed by atoms with Crippen LogP contribution in [0.1, 0.15) is 24.0 Å². The summed E-state index contributed by atoms with van der Waals surface area (Å²) in [5.74, 6) is 3.19. The maximum Gasteiger partial charge on any atom is 0.401 e. The largest absolute Gasteiger partial charge is 0.401 e. The number of halogens is 3. The quantitative estimate of drug-likeness (QED) is 0.348. The van der Waals surface area contributed by atoms with Gasteiger partial charge in [-0.05, 0) is 24.5 Å². The highest BCUT2D eigenvalue weighted by Gasteiger charge is 2.51. The lowest BCUT2D eigenvalue weighted by atomic mass is 9.69. The molecule has 2 bridgehead atoms. The number of hydrogen-bond acceptors (Lipinski definition) is 3. The third-order valence-corrected chi connectivity index (χ3v) is 6.49. The Hall–Kier alpha value is -1.69. The molecular weight excluding hydrogens is 399 g/mol. The molecule has 8 heteroatoms. The zero-order valence-electron chi connectivity index (χ0n) is 16.2. The van der Waals surface area contributed by atoms with Crippen LogP contribution in [0.2, 0.25) is 19.6 Å². The van der Waals surface area contributed by atoms with Gasteiger partial charge in [0.05, 0.1) is 16.9 Å². The van der Waals surface area contributed by atoms with Crippen LogP contribution in [0.4, 0.5) is 13.2 Å². The third-order valence-electron chi connectivity index (χ3n) is 5.23. The maximum absolute atomic E-state index is 13.0. The lowest BCUT2D eigenvalue weighted by Crippen LogP contribution is -2.56. The number of hydrogen-bond donors (Lipinski definition) is 1. The van der Waals surface area contributed by atoms with Crippen LogP contribution in [0.15, 0.2) is 30.6 Å². The first-order chi connectivity index (χ1) is 12.9. The van der Waals surface area contributed by atoms with Crippen LogP contribution in [-0.4, -0.2) is 47.8 Å². The van der Waals surface area contributed by atoms with E-state index < -0.39 is 26.2 Å². The summed E-state index contributed by atoms with van der Waals surface area (Å²) in [6.45, 7) is 5.55. The van der Waals surface area contributed by atoms with E-state index in [4.69, 9.17) is 18.0 Å². The Bertz CT molecular complexity index is 848. The number of rotatable bonds is 3. The van der Waals surface area contributed by atoms with E-state index in [1.54, 1.807) is 12.4 Å². The van der Waals surface area contributed by atoms with Crippen molar-refractivity contribution in [1.82, 2.24) is 9.88 Å². The number of nitrogens with two attached hydrogens (primary N) is 1. The van der Waals surface area contributed by atoms with Gasteiger partial charge in [0, 0.05) is 30.0 Å². The van der Waals surface area contributed by atoms with Gasteiger partial charge in [-0.25, -0.2) is 0 Å². The molecule has 28 heavy (non-hydrogen) atoms. The maximum atomic E-state index is 13.0. The Morgan fingerprint density at radius 3 is 2.39 bits per heavy atom. The molecule has 0 saturated carbocycles. The minimum absolute atomic E-state index is 0.301. The van der Waals surface area contributed by atoms with Crippen LogP contribution < -0.4 is 5.73 Å². The van der Waals surface area contributed by atoms with Crippen LogP contribution in [0.3, 0.4) is 0 Å². The average molecular weight is 424 g/mol. The summed E-state index contributed by atoms with van der Waals surface area (Å²) >= 11 is 5.41. The van der Waals surface area contributed by atoms with E-state index in [1.165, 1.54) is 4.90 Å². The molecule has 1 aromatic rings. The van der Waals surface area contributed by atoms with Crippen molar-refractivity contribution in [3.8, 4) is 11.5 Å². The second-order valence-electron chi connectivity index (χ2n) is 8.62. The van der Waals surface area contributed by atoms with Gasteiger partial charge in [0.25, 0.3) is 0 Å². The molecule has 2 aliphatic rings. The Balaban J connectivity index is 1.94. The van der Waals surface area contributed by atoms with Gasteiger partial charge in [-0.1, -0.05) is 49.9 Å². The van der Waals surface area contributed by atoms with Crippen molar-refractivity contribution >= 4 is 25.3 Å². The second kappa shape index (κ2) is 7.28. The first-order valence-corrected chi connectivity index (χ1v) is 13.1. The fraction of sp³-hybridized carbons (Fsp3) is 0.500. The molecule has 0 unspecified atom stereocenters. The summed E-state index contributed by atoms with van der Waals surface area (Å²) in [6, 6.07) is 1.25. The molecule has 0 radical (unpaired) electrons. The highest BCUT2D eigenvalue weighted by Crippen LogP contribution is 2.45. The Labute approximate surface area is 170 Å². The van der Waals surface area contributed by atoms with Gasteiger partial charge in [-0.3, -0.25) is 9.88 Å². The van der Waals surface area contributed by atoms with Gasteiger partial charge in [-0.15, -0.1) is 5.54 Å². The van der Waals surface area contributed by atoms with E-state index in [0.29, 0.717) is 17.8 Å². The molecule has 3 atom stereocenters. The van der Waals surface area contributed by atoms with E-state index in [1.807, 2.05) is 18.2 Å². The average Bonchev–Trinajstić information content (AvgIpc) is 2.80. The topological polar surface area (TPSA) is 42.1 Å². The number of alkyl halides is 3. The lowest BCUT2D eigenvalue weighted by Gasteiger charge is -2.46. The monoisotopic (exact) mass is 423 g/mol. The highest BCUT2D eigenvalue weighted by molar-refractivity contribution is 7.80. The van der Waals surface area contributed by atoms with Crippen molar-refractivity contribution in [3.63, 3.8) is 0 Å². The van der Waals surface area contributed by atoms with E-state index in [9.17, 15) is 13.2 Å². The van der Waals surface area contributed by atoms with Crippen molar-refractivity contribution < 1.29 is 13.2 Å². The molecule has 1 fully saturated rings. The zero-order chi connectivity index (χ0) is 20.7. The molecule has 0 aromatic carbocycles. The first-order valence-electron chi connectivity index (χ1n) is 9.19. The van der Waals surface area contributed by atoms with Crippen LogP contribution in [-0.2, 0) is 5.41 Å². The van der Waals surface area contributed by atoms with Gasteiger partial charge in [0.1, 0.15) is 8.07 Å². The number of fused-ring (bicyclic) bond motifs is 2. The lowest BCUT2D eigenvalue weighted by molar-refractivity contribution is -0.154. The fourth-order valence-corrected chi connectivity index (χ4v) is 4.75. The molecular formula is C20H24F3N3SSi. The highest BCUT2D eigenvalue weighted by atomic mass is 32.1. The Morgan fingerprint density at radius 1 is 1.29 bits per heavy atom. The van der Waals surface area contributed by atoms with Crippen LogP contribution in [0.5, 0.6) is 0 Å². The number of piperidine rings is 1. The molecule has 0 amide bonds. The molecule has 0 aliphatic carbocycles. The number of aromatic nitrogens is 1. The summed E-state index contributed by atoms with van der Waals surface area (Å²) in [6.07, 6.45) is 3.71. The fourth-order valence-electron chi connectivity index (χ4n) is 3.94. The van der Waals surface area contributed by atoms with Gasteiger partial charge in [-0.2, -0.15) is 13.2 Å². The molecule has 3 heterocycles. The summed E-state index contributed by atoms with van der Waals surface area (Å²) in [7, 11) is -1.54. The minimum atomic E-state index is -4.24. The normalized spacial score (nSPS) is 27.4. The molecule has 3 rings (SSSR count). The van der Waals surface area contributed by atoms with Crippen molar-refractivity contribution in [2.45, 2.75) is 56.2 Å². The van der Waals surface area contributed by atoms with Crippen LogP contribution >= 0.6 is 12.2 Å². The van der Waals surface area contributed by atoms with E-state index >= 15 is 0 Å². The molecule has 150 valence electrons. The number of pyridine rings is 1. The van der Waals surface area contributed by atoms with Crippen molar-refractivity contribution in [2.75, 3.05) is 6.54 Å². The molecule has 2 aliphatic heterocycles. The van der Waals surface area contributed by atoms with Gasteiger partial charge < -0.3 is 5.73 Å². The molecule has 1 aromatic heterocycles. The van der Waals surface area contributed by atoms with Gasteiger partial charge in [0.15, 0.2) is 0 Å². The predicted octanol–water partition coefficient (Wildman–Crippen LogP) is 3.80. The smallest absolute Gasteiger partial charge is 0.393 e. The van der Waals surface area contributed by atoms with E-state index in [-0.39, 0.29) is 12.1 Å². The second-order valence-corrected chi connectivity index (χ2v) is 13.8. The molecule has 1 saturated heterocycles. The Morgan fingerprint density at radius 2 is 1.89 bits per heavy atom. The van der Waals surface area contributed by atoms with E-state index in [2.05, 4.69) is 36.1 Å². The van der Waals surface area contributed by atoms with Crippen molar-refractivity contribution in [2.24, 2.45) is 5.73 Å². The van der Waals surface area contributed by atoms with Gasteiger partial charge in [0.2, 0.25) is 0 Å². The van der Waals surface area contributed by atoms with Crippen molar-refractivity contribution in [1.29, 1.82) is 0 Å². The van der Waals surface area contributed by atoms with Crippen LogP contribution in [0, 0.1) is 11.5 Å². The Kier molecular flexibility index (Phi) is 5.47. The summed E-state index contributed by atoms with van der Waals surface area (Å²) < 4.78 is 38.9. The SMILES string of the molecule is C[Si](C)(C)C#Cc1cncc([C@]2(C(N)=S)C[C@H]3C=C[C@@H](C2)N3CC(F)(F)F)c1. The predicted molar refractivity (Wildman–Crippen MR) is 112 cm³/mol. The molecule has 0 spiro atoms. The third kappa shape index (κ3) is 4.48. The molecule has 3 nitrogen and oxygen atoms in total. The van der Waals surface area contributed by atoms with Gasteiger partial charge >= 0.3 is 6.18 Å². The summed E-state index contributed by atoms with van der Waals surface area (Å²) in [4.78, 5) is 6.11.